The molecular weight excluding hydrogens is 242 g/mol. The number of hydrogen-bond donors (Lipinski definition) is 1. The highest BCUT2D eigenvalue weighted by Gasteiger charge is 2.13. The molecule has 18 heavy (non-hydrogen) atoms. The fraction of sp³-hybridized carbons (Fsp3) is 0.267. The van der Waals surface area contributed by atoms with Gasteiger partial charge in [0.15, 0.2) is 5.78 Å². The number of hydrogen-bond acceptors (Lipinski definition) is 3. The van der Waals surface area contributed by atoms with E-state index in [4.69, 9.17) is 5.73 Å². The Hall–Kier alpha value is -1.61. The average Bonchev–Trinajstić information content (AvgIpc) is 2.76. The highest BCUT2D eigenvalue weighted by molar-refractivity contribution is 7.10. The second-order valence-corrected chi connectivity index (χ2v) is 5.76. The number of ketones is 1. The third-order valence-corrected chi connectivity index (χ3v) is 3.91. The summed E-state index contributed by atoms with van der Waals surface area (Å²) in [6, 6.07) is 9.71. The minimum absolute atomic E-state index is 0.212. The maximum absolute atomic E-state index is 12.1. The van der Waals surface area contributed by atoms with Crippen LogP contribution in [0.25, 0.3) is 0 Å². The smallest absolute Gasteiger partial charge is 0.164 e. The topological polar surface area (TPSA) is 43.1 Å². The van der Waals surface area contributed by atoms with Gasteiger partial charge < -0.3 is 5.73 Å². The van der Waals surface area contributed by atoms with Gasteiger partial charge >= 0.3 is 0 Å². The second-order valence-electron chi connectivity index (χ2n) is 4.64. The molecule has 0 fully saturated rings. The lowest BCUT2D eigenvalue weighted by atomic mass is 9.94. The van der Waals surface area contributed by atoms with Crippen molar-refractivity contribution in [3.63, 3.8) is 0 Å². The van der Waals surface area contributed by atoms with E-state index in [2.05, 4.69) is 6.92 Å². The van der Waals surface area contributed by atoms with Crippen LogP contribution in [0, 0.1) is 6.92 Å². The minimum atomic E-state index is 0.212. The van der Waals surface area contributed by atoms with Crippen molar-refractivity contribution in [3.05, 3.63) is 51.7 Å². The van der Waals surface area contributed by atoms with Crippen molar-refractivity contribution in [3.8, 4) is 0 Å². The molecule has 0 bridgehead atoms. The fourth-order valence-corrected chi connectivity index (χ4v) is 2.64. The van der Waals surface area contributed by atoms with Gasteiger partial charge in [-0.25, -0.2) is 0 Å². The molecule has 0 saturated carbocycles. The lowest BCUT2D eigenvalue weighted by Crippen LogP contribution is -2.04. The van der Waals surface area contributed by atoms with Crippen molar-refractivity contribution in [1.29, 1.82) is 0 Å². The molecule has 2 rings (SSSR count). The summed E-state index contributed by atoms with van der Waals surface area (Å²) >= 11 is 1.62. The van der Waals surface area contributed by atoms with E-state index in [0.29, 0.717) is 6.42 Å². The summed E-state index contributed by atoms with van der Waals surface area (Å²) in [6.07, 6.45) is 0.542. The molecule has 0 aliphatic carbocycles. The molecule has 0 aliphatic heterocycles. The van der Waals surface area contributed by atoms with Crippen LogP contribution in [0.2, 0.25) is 0 Å². The predicted molar refractivity (Wildman–Crippen MR) is 77.3 cm³/mol. The third kappa shape index (κ3) is 2.99. The average molecular weight is 259 g/mol. The Bertz CT molecular complexity index is 542. The molecule has 0 radical (unpaired) electrons. The summed E-state index contributed by atoms with van der Waals surface area (Å²) in [6.45, 7) is 4.09. The molecule has 0 aliphatic rings. The molecule has 2 nitrogen and oxygen atoms in total. The van der Waals surface area contributed by atoms with Gasteiger partial charge in [0.05, 0.1) is 0 Å². The van der Waals surface area contributed by atoms with Gasteiger partial charge in [-0.2, -0.15) is 0 Å². The van der Waals surface area contributed by atoms with E-state index in [9.17, 15) is 4.79 Å². The Kier molecular flexibility index (Phi) is 3.82. The summed E-state index contributed by atoms with van der Waals surface area (Å²) < 4.78 is 0. The van der Waals surface area contributed by atoms with Crippen molar-refractivity contribution in [2.75, 3.05) is 5.73 Å². The van der Waals surface area contributed by atoms with Crippen LogP contribution >= 0.6 is 11.3 Å². The van der Waals surface area contributed by atoms with E-state index in [1.165, 1.54) is 4.88 Å². The van der Waals surface area contributed by atoms with Crippen LogP contribution in [0.15, 0.2) is 35.7 Å². The van der Waals surface area contributed by atoms with E-state index in [1.807, 2.05) is 42.6 Å². The Morgan fingerprint density at radius 1 is 1.33 bits per heavy atom. The minimum Gasteiger partial charge on any atom is -0.399 e. The fourth-order valence-electron chi connectivity index (χ4n) is 1.93. The van der Waals surface area contributed by atoms with Crippen LogP contribution < -0.4 is 5.73 Å². The van der Waals surface area contributed by atoms with Crippen molar-refractivity contribution in [2.24, 2.45) is 0 Å². The number of carbonyl (C=O) groups excluding carboxylic acids is 1. The number of rotatable bonds is 4. The predicted octanol–water partition coefficient (Wildman–Crippen LogP) is 4.02. The van der Waals surface area contributed by atoms with Gasteiger partial charge in [0.25, 0.3) is 0 Å². The van der Waals surface area contributed by atoms with E-state index < -0.39 is 0 Å². The molecule has 1 atom stereocenters. The van der Waals surface area contributed by atoms with Gasteiger partial charge in [-0.3, -0.25) is 4.79 Å². The molecule has 0 saturated heterocycles. The molecule has 1 heterocycles. The number of nitrogen functional groups attached to an aromatic ring is 1. The number of carbonyl (C=O) groups is 1. The monoisotopic (exact) mass is 259 g/mol. The van der Waals surface area contributed by atoms with Crippen LogP contribution in [-0.2, 0) is 0 Å². The van der Waals surface area contributed by atoms with Crippen molar-refractivity contribution in [2.45, 2.75) is 26.2 Å². The SMILES string of the molecule is Cc1cc(C(=O)CC(C)c2ccc(N)cc2)cs1. The Labute approximate surface area is 111 Å². The summed E-state index contributed by atoms with van der Waals surface area (Å²) in [4.78, 5) is 13.3. The van der Waals surface area contributed by atoms with Gasteiger partial charge in [0.1, 0.15) is 0 Å². The third-order valence-electron chi connectivity index (χ3n) is 3.05. The number of aryl methyl sites for hydroxylation is 1. The second kappa shape index (κ2) is 5.36. The van der Waals surface area contributed by atoms with Gasteiger partial charge in [0.2, 0.25) is 0 Å². The zero-order valence-electron chi connectivity index (χ0n) is 10.6. The molecule has 1 aromatic carbocycles. The van der Waals surface area contributed by atoms with Gasteiger partial charge in [-0.1, -0.05) is 19.1 Å². The largest absolute Gasteiger partial charge is 0.399 e. The van der Waals surface area contributed by atoms with Crippen molar-refractivity contribution in [1.82, 2.24) is 0 Å². The zero-order chi connectivity index (χ0) is 13.1. The zero-order valence-corrected chi connectivity index (χ0v) is 11.5. The van der Waals surface area contributed by atoms with E-state index in [0.717, 1.165) is 16.8 Å². The molecule has 1 unspecified atom stereocenters. The number of thiophene rings is 1. The number of benzene rings is 1. The highest BCUT2D eigenvalue weighted by Crippen LogP contribution is 2.23. The molecule has 2 N–H and O–H groups in total. The Morgan fingerprint density at radius 2 is 2.00 bits per heavy atom. The number of anilines is 1. The molecule has 1 aromatic heterocycles. The van der Waals surface area contributed by atoms with Crippen LogP contribution in [-0.4, -0.2) is 5.78 Å². The summed E-state index contributed by atoms with van der Waals surface area (Å²) in [5.74, 6) is 0.432. The maximum atomic E-state index is 12.1. The maximum Gasteiger partial charge on any atom is 0.164 e. The number of nitrogens with two attached hydrogens (primary N) is 1. The first-order valence-corrected chi connectivity index (χ1v) is 6.88. The molecular formula is C15H17NOS. The summed E-state index contributed by atoms with van der Waals surface area (Å²) in [7, 11) is 0. The first kappa shape index (κ1) is 12.8. The first-order valence-electron chi connectivity index (χ1n) is 6.00. The van der Waals surface area contributed by atoms with E-state index in [-0.39, 0.29) is 11.7 Å². The molecule has 3 heteroatoms. The van der Waals surface area contributed by atoms with Crippen LogP contribution in [0.3, 0.4) is 0 Å². The lowest BCUT2D eigenvalue weighted by Gasteiger charge is -2.10. The van der Waals surface area contributed by atoms with Gasteiger partial charge in [0, 0.05) is 27.9 Å². The van der Waals surface area contributed by atoms with Crippen molar-refractivity contribution >= 4 is 22.8 Å². The molecule has 2 aromatic rings. The normalized spacial score (nSPS) is 12.3. The van der Waals surface area contributed by atoms with E-state index >= 15 is 0 Å². The Balaban J connectivity index is 2.05. The van der Waals surface area contributed by atoms with Crippen LogP contribution in [0.4, 0.5) is 5.69 Å². The summed E-state index contributed by atoms with van der Waals surface area (Å²) in [5.41, 5.74) is 8.40. The molecule has 0 amide bonds. The van der Waals surface area contributed by atoms with Gasteiger partial charge in [-0.05, 0) is 36.6 Å². The standard InChI is InChI=1S/C15H17NOS/c1-10(12-3-5-14(16)6-4-12)7-15(17)13-8-11(2)18-9-13/h3-6,8-10H,7,16H2,1-2H3. The molecule has 94 valence electrons. The van der Waals surface area contributed by atoms with Crippen LogP contribution in [0.5, 0.6) is 0 Å². The van der Waals surface area contributed by atoms with Crippen LogP contribution in [0.1, 0.15) is 40.1 Å². The highest BCUT2D eigenvalue weighted by atomic mass is 32.1. The molecule has 0 spiro atoms. The number of Topliss-reactive ketones (excluding diaryl/α,β-unsaturated/α-hetero) is 1. The van der Waals surface area contributed by atoms with Gasteiger partial charge in [-0.15, -0.1) is 11.3 Å². The Morgan fingerprint density at radius 3 is 2.56 bits per heavy atom. The quantitative estimate of drug-likeness (QED) is 0.665. The van der Waals surface area contributed by atoms with E-state index in [1.54, 1.807) is 11.3 Å². The first-order chi connectivity index (χ1) is 8.56. The lowest BCUT2D eigenvalue weighted by molar-refractivity contribution is 0.0976. The summed E-state index contributed by atoms with van der Waals surface area (Å²) in [5, 5.41) is 1.94. The van der Waals surface area contributed by atoms with Crippen molar-refractivity contribution < 1.29 is 4.79 Å².